The van der Waals surface area contributed by atoms with E-state index in [0.29, 0.717) is 0 Å². The van der Waals surface area contributed by atoms with Crippen LogP contribution in [0.15, 0.2) is 78.6 Å². The van der Waals surface area contributed by atoms with Gasteiger partial charge in [-0.05, 0) is 69.5 Å². The zero-order valence-electron chi connectivity index (χ0n) is 30.6. The van der Waals surface area contributed by atoms with Gasteiger partial charge >= 0.3 is 0 Å². The molecule has 4 nitrogen and oxygen atoms in total. The van der Waals surface area contributed by atoms with Gasteiger partial charge in [0.2, 0.25) is 6.71 Å². The number of aromatic nitrogens is 2. The van der Waals surface area contributed by atoms with Crippen LogP contribution in [0.1, 0.15) is 81.2 Å². The number of hydrogen-bond donors (Lipinski definition) is 1. The Morgan fingerprint density at radius 2 is 1.45 bits per heavy atom. The number of aryl methyl sites for hydroxylation is 5. The molecule has 257 valence electrons. The van der Waals surface area contributed by atoms with E-state index in [4.69, 9.17) is 4.98 Å². The zero-order valence-corrected chi connectivity index (χ0v) is 33.0. The quantitative estimate of drug-likeness (QED) is 0.0687. The average Bonchev–Trinajstić information content (AvgIpc) is 3.44. The van der Waals surface area contributed by atoms with Gasteiger partial charge in [-0.2, -0.15) is 0 Å². The average molecular weight is 830 g/mol. The Bertz CT molecular complexity index is 1940. The molecule has 4 aromatic carbocycles. The number of aliphatic hydroxyl groups is 1. The van der Waals surface area contributed by atoms with Crippen LogP contribution in [0.3, 0.4) is 0 Å². The first kappa shape index (κ1) is 38.1. The molecule has 1 N–H and O–H groups in total. The minimum absolute atomic E-state index is 0. The molecule has 0 unspecified atom stereocenters. The molecule has 0 amide bonds. The summed E-state index contributed by atoms with van der Waals surface area (Å²) in [6.07, 6.45) is 4.91. The third-order valence-corrected chi connectivity index (χ3v) is 10.1. The number of hydrogen-bond acceptors (Lipinski definition) is 3. The molecule has 5 aromatic rings. The Hall–Kier alpha value is -3.73. The normalized spacial score (nSPS) is 12.1. The van der Waals surface area contributed by atoms with Crippen molar-refractivity contribution in [3.05, 3.63) is 112 Å². The second kappa shape index (κ2) is 16.3. The van der Waals surface area contributed by atoms with Gasteiger partial charge in [-0.15, -0.1) is 34.9 Å². The predicted octanol–water partition coefficient (Wildman–Crippen LogP) is 8.73. The van der Waals surface area contributed by atoms with E-state index in [1.807, 2.05) is 27.7 Å². The van der Waals surface area contributed by atoms with E-state index >= 15 is 0 Å². The molecule has 1 aromatic heterocycles. The first-order valence-electron chi connectivity index (χ1n) is 17.7. The number of nitrogens with zero attached hydrogens (tertiary/aromatic N) is 2. The van der Waals surface area contributed by atoms with E-state index in [9.17, 15) is 9.90 Å². The third kappa shape index (κ3) is 7.71. The van der Waals surface area contributed by atoms with E-state index in [2.05, 4.69) is 112 Å². The number of fused-ring (bicyclic) bond motifs is 2. The van der Waals surface area contributed by atoms with Gasteiger partial charge in [0.05, 0.1) is 22.6 Å². The topological polar surface area (TPSA) is 55.1 Å². The number of para-hydroxylation sites is 1. The summed E-state index contributed by atoms with van der Waals surface area (Å²) >= 11 is 0. The third-order valence-electron chi connectivity index (χ3n) is 10.1. The molecule has 0 saturated carbocycles. The fourth-order valence-corrected chi connectivity index (χ4v) is 7.47. The first-order valence-corrected chi connectivity index (χ1v) is 17.7. The van der Waals surface area contributed by atoms with Crippen molar-refractivity contribution < 1.29 is 30.0 Å². The summed E-state index contributed by atoms with van der Waals surface area (Å²) in [6, 6.07) is 28.0. The molecule has 1 aliphatic rings. The van der Waals surface area contributed by atoms with Gasteiger partial charge in [-0.1, -0.05) is 106 Å². The number of rotatable bonds is 9. The van der Waals surface area contributed by atoms with Gasteiger partial charge < -0.3 is 9.67 Å². The van der Waals surface area contributed by atoms with Crippen molar-refractivity contribution >= 4 is 39.9 Å². The van der Waals surface area contributed by atoms with Gasteiger partial charge in [0.15, 0.2) is 5.78 Å². The summed E-state index contributed by atoms with van der Waals surface area (Å²) in [5, 5.41) is 9.76. The van der Waals surface area contributed by atoms with E-state index in [1.165, 1.54) is 55.9 Å². The summed E-state index contributed by atoms with van der Waals surface area (Å²) < 4.78 is 2.37. The molecule has 0 aliphatic carbocycles. The fourth-order valence-electron chi connectivity index (χ4n) is 7.47. The van der Waals surface area contributed by atoms with Gasteiger partial charge in [0.25, 0.3) is 0 Å². The Labute approximate surface area is 307 Å². The van der Waals surface area contributed by atoms with Crippen LogP contribution in [0.2, 0.25) is 0 Å². The number of ketones is 1. The molecule has 1 radical (unpaired) electrons. The fraction of sp³-hybridized carbons (Fsp3) is 0.349. The molecule has 6 rings (SSSR count). The molecule has 0 bridgehead atoms. The number of carbonyl (C=O) groups is 1. The molecular weight excluding hydrogens is 780 g/mol. The van der Waals surface area contributed by atoms with E-state index in [1.54, 1.807) is 0 Å². The van der Waals surface area contributed by atoms with Gasteiger partial charge in [-0.3, -0.25) is 9.78 Å². The molecule has 2 heterocycles. The van der Waals surface area contributed by atoms with Crippen LogP contribution >= 0.6 is 0 Å². The summed E-state index contributed by atoms with van der Waals surface area (Å²) in [4.78, 5) is 16.9. The minimum atomic E-state index is 0. The summed E-state index contributed by atoms with van der Waals surface area (Å²) in [7, 11) is 0. The summed E-state index contributed by atoms with van der Waals surface area (Å²) in [5.41, 5.74) is 14.9. The largest absolute Gasteiger partial charge is 0.512 e. The van der Waals surface area contributed by atoms with E-state index < -0.39 is 0 Å². The number of benzene rings is 4. The Kier molecular flexibility index (Phi) is 12.7. The van der Waals surface area contributed by atoms with Crippen molar-refractivity contribution in [2.45, 2.75) is 88.0 Å². The van der Waals surface area contributed by atoms with E-state index in [0.717, 1.165) is 48.2 Å². The van der Waals surface area contributed by atoms with Crippen LogP contribution in [-0.2, 0) is 24.9 Å². The predicted molar refractivity (Wildman–Crippen MR) is 204 cm³/mol. The van der Waals surface area contributed by atoms with Crippen LogP contribution in [0, 0.1) is 52.5 Å². The van der Waals surface area contributed by atoms with Gasteiger partial charge in [0, 0.05) is 43.7 Å². The van der Waals surface area contributed by atoms with Crippen molar-refractivity contribution in [1.82, 2.24) is 9.55 Å². The Morgan fingerprint density at radius 3 is 2.06 bits per heavy atom. The maximum Gasteiger partial charge on any atom is 0.247 e. The van der Waals surface area contributed by atoms with Crippen LogP contribution in [0.25, 0.3) is 28.1 Å². The number of imidazole rings is 1. The maximum atomic E-state index is 11.7. The Balaban J connectivity index is 0.000000290. The number of allylic oxidation sites excluding steroid dienone is 2. The molecule has 6 heteroatoms. The molecule has 49 heavy (non-hydrogen) atoms. The smallest absolute Gasteiger partial charge is 0.247 e. The molecule has 0 spiro atoms. The SMILES string of the molecule is CCC(CC)C(=O)/C=C(\O)C(CC)CC.Cc1[c-]c(-c2nc3cccc4c3n2-c2ccc(C)cc2B4c2c(C)cccc2C)cc(C)c1.[Ir]. The minimum Gasteiger partial charge on any atom is -0.512 e. The molecule has 0 atom stereocenters. The standard InChI is InChI=1S/C30H26BN2.C13H24O2.Ir/c1-18-12-13-27-25(17-18)31(28-21(4)8-6-9-22(28)5)24-10-7-11-26-29(24)33(27)30(32-26)23-15-19(2)14-20(3)16-23;1-5-10(6-2)12(14)9-13(15)11(7-3)8-4;/h6-15,17H,1-5H3;9-11,14H,5-8H2,1-4H3;/q-1;;/b;12-9-;. The van der Waals surface area contributed by atoms with Crippen molar-refractivity contribution in [2.75, 3.05) is 0 Å². The second-order valence-corrected chi connectivity index (χ2v) is 13.5. The van der Waals surface area contributed by atoms with Crippen LogP contribution in [0.4, 0.5) is 0 Å². The zero-order chi connectivity index (χ0) is 34.7. The van der Waals surface area contributed by atoms with Crippen LogP contribution < -0.4 is 16.4 Å². The van der Waals surface area contributed by atoms with Crippen molar-refractivity contribution in [2.24, 2.45) is 11.8 Å². The summed E-state index contributed by atoms with van der Waals surface area (Å²) in [6.45, 7) is 19.2. The molecule has 0 saturated heterocycles. The second-order valence-electron chi connectivity index (χ2n) is 13.5. The monoisotopic (exact) mass is 830 g/mol. The van der Waals surface area contributed by atoms with Gasteiger partial charge in [-0.25, -0.2) is 0 Å². The van der Waals surface area contributed by atoms with Crippen molar-refractivity contribution in [3.63, 3.8) is 0 Å². The van der Waals surface area contributed by atoms with Gasteiger partial charge in [0.1, 0.15) is 0 Å². The number of aliphatic hydroxyl groups excluding tert-OH is 1. The van der Waals surface area contributed by atoms with E-state index in [-0.39, 0.29) is 50.2 Å². The molecule has 1 aliphatic heterocycles. The maximum absolute atomic E-state index is 11.7. The molecular formula is C43H50BIrN2O2-. The van der Waals surface area contributed by atoms with Crippen molar-refractivity contribution in [3.8, 4) is 17.1 Å². The summed E-state index contributed by atoms with van der Waals surface area (Å²) in [5.74, 6) is 1.51. The molecule has 0 fully saturated rings. The van der Waals surface area contributed by atoms with Crippen LogP contribution in [-0.4, -0.2) is 27.2 Å². The van der Waals surface area contributed by atoms with Crippen molar-refractivity contribution in [1.29, 1.82) is 0 Å². The van der Waals surface area contributed by atoms with Crippen LogP contribution in [0.5, 0.6) is 0 Å². The Morgan fingerprint density at radius 1 is 0.816 bits per heavy atom. The number of carbonyl (C=O) groups excluding carboxylic acids is 1. The first-order chi connectivity index (χ1) is 23.0.